The lowest BCUT2D eigenvalue weighted by Gasteiger charge is -2.46. The van der Waals surface area contributed by atoms with Gasteiger partial charge in [-0.1, -0.05) is 12.1 Å². The number of piperidine rings is 1. The van der Waals surface area contributed by atoms with Gasteiger partial charge in [0, 0.05) is 36.1 Å². The van der Waals surface area contributed by atoms with E-state index in [9.17, 15) is 10.1 Å². The monoisotopic (exact) mass is 488 g/mol. The molecule has 3 aromatic rings. The summed E-state index contributed by atoms with van der Waals surface area (Å²) in [5.41, 5.74) is 9.46. The molecule has 2 aromatic heterocycles. The highest BCUT2D eigenvalue weighted by atomic mass is 16.4. The Morgan fingerprint density at radius 1 is 1.22 bits per heavy atom. The summed E-state index contributed by atoms with van der Waals surface area (Å²) in [5, 5.41) is 26.2. The topological polar surface area (TPSA) is 146 Å². The Labute approximate surface area is 210 Å². The molecule has 1 fully saturated rings. The highest BCUT2D eigenvalue weighted by Crippen LogP contribution is 2.33. The quantitative estimate of drug-likeness (QED) is 0.452. The molecule has 36 heavy (non-hydrogen) atoms. The second-order valence-electron chi connectivity index (χ2n) is 9.61. The molecule has 0 bridgehead atoms. The molecular formula is C26H32N8O2. The van der Waals surface area contributed by atoms with Crippen LogP contribution in [0.1, 0.15) is 55.6 Å². The van der Waals surface area contributed by atoms with Crippen molar-refractivity contribution < 1.29 is 9.90 Å². The SMILES string of the molecule is Cc1cnc(Nc2cnn([C@@H]3C[C@@H](C)N(C(C)[C@H](N)C#N)[C@@H](C)C3)c2)nc1-c1ccc(C(=O)O)cc1. The number of carbonyl (C=O) groups is 1. The summed E-state index contributed by atoms with van der Waals surface area (Å²) >= 11 is 0. The fraction of sp³-hybridized carbons (Fsp3) is 0.423. The number of anilines is 2. The third-order valence-corrected chi connectivity index (χ3v) is 6.99. The molecule has 188 valence electrons. The molecule has 1 aliphatic heterocycles. The Hall–Kier alpha value is -3.81. The molecule has 10 heteroatoms. The van der Waals surface area contributed by atoms with Gasteiger partial charge in [0.15, 0.2) is 0 Å². The minimum atomic E-state index is -0.963. The van der Waals surface area contributed by atoms with E-state index in [0.717, 1.165) is 35.3 Å². The molecule has 4 rings (SSSR count). The normalized spacial score (nSPS) is 21.9. The molecule has 0 amide bonds. The number of nitrogens with zero attached hydrogens (tertiary/aromatic N) is 6. The molecule has 1 aliphatic rings. The van der Waals surface area contributed by atoms with Crippen molar-refractivity contribution >= 4 is 17.6 Å². The fourth-order valence-electron chi connectivity index (χ4n) is 5.17. The number of carboxylic acid groups (broad SMARTS) is 1. The van der Waals surface area contributed by atoms with Crippen LogP contribution in [0.4, 0.5) is 11.6 Å². The summed E-state index contributed by atoms with van der Waals surface area (Å²) in [6, 6.07) is 9.05. The van der Waals surface area contributed by atoms with Crippen LogP contribution < -0.4 is 11.1 Å². The number of rotatable bonds is 7. The fourth-order valence-corrected chi connectivity index (χ4v) is 5.17. The number of hydrogen-bond acceptors (Lipinski definition) is 8. The van der Waals surface area contributed by atoms with E-state index in [4.69, 9.17) is 10.8 Å². The van der Waals surface area contributed by atoms with Crippen molar-refractivity contribution in [3.05, 3.63) is 54.0 Å². The lowest BCUT2D eigenvalue weighted by Crippen LogP contribution is -2.56. The summed E-state index contributed by atoms with van der Waals surface area (Å²) in [5.74, 6) is -0.525. The smallest absolute Gasteiger partial charge is 0.335 e. The summed E-state index contributed by atoms with van der Waals surface area (Å²) in [6.07, 6.45) is 7.29. The summed E-state index contributed by atoms with van der Waals surface area (Å²) < 4.78 is 1.99. The largest absolute Gasteiger partial charge is 0.478 e. The number of nitriles is 1. The van der Waals surface area contributed by atoms with Gasteiger partial charge in [0.25, 0.3) is 0 Å². The molecule has 3 heterocycles. The number of aromatic carboxylic acids is 1. The Morgan fingerprint density at radius 2 is 1.89 bits per heavy atom. The van der Waals surface area contributed by atoms with Crippen molar-refractivity contribution in [1.82, 2.24) is 24.6 Å². The van der Waals surface area contributed by atoms with Crippen LogP contribution in [0.25, 0.3) is 11.3 Å². The van der Waals surface area contributed by atoms with E-state index in [1.54, 1.807) is 36.7 Å². The van der Waals surface area contributed by atoms with Crippen LogP contribution in [0.5, 0.6) is 0 Å². The first kappa shape index (κ1) is 25.3. The molecular weight excluding hydrogens is 456 g/mol. The number of hydrogen-bond donors (Lipinski definition) is 3. The van der Waals surface area contributed by atoms with Crippen LogP contribution in [0.15, 0.2) is 42.9 Å². The number of nitrogens with two attached hydrogens (primary N) is 1. The summed E-state index contributed by atoms with van der Waals surface area (Å²) in [7, 11) is 0. The van der Waals surface area contributed by atoms with Crippen LogP contribution in [-0.2, 0) is 0 Å². The van der Waals surface area contributed by atoms with Crippen molar-refractivity contribution in [3.63, 3.8) is 0 Å². The minimum Gasteiger partial charge on any atom is -0.478 e. The second-order valence-corrected chi connectivity index (χ2v) is 9.61. The number of aromatic nitrogens is 4. The second kappa shape index (κ2) is 10.4. The number of nitrogens with one attached hydrogen (secondary N) is 1. The van der Waals surface area contributed by atoms with Crippen molar-refractivity contribution in [2.24, 2.45) is 5.73 Å². The van der Waals surface area contributed by atoms with Crippen LogP contribution in [0, 0.1) is 18.3 Å². The van der Waals surface area contributed by atoms with Crippen LogP contribution >= 0.6 is 0 Å². The zero-order chi connectivity index (χ0) is 26.0. The van der Waals surface area contributed by atoms with Gasteiger partial charge in [-0.25, -0.2) is 14.8 Å². The lowest BCUT2D eigenvalue weighted by atomic mass is 9.90. The molecule has 0 saturated carbocycles. The van der Waals surface area contributed by atoms with E-state index in [1.807, 2.05) is 24.7 Å². The third kappa shape index (κ3) is 5.22. The van der Waals surface area contributed by atoms with Crippen LogP contribution in [0.3, 0.4) is 0 Å². The van der Waals surface area contributed by atoms with Gasteiger partial charge in [-0.2, -0.15) is 10.4 Å². The van der Waals surface area contributed by atoms with Gasteiger partial charge in [0.2, 0.25) is 5.95 Å². The third-order valence-electron chi connectivity index (χ3n) is 6.99. The van der Waals surface area contributed by atoms with Gasteiger partial charge in [0.05, 0.1) is 35.3 Å². The van der Waals surface area contributed by atoms with E-state index in [2.05, 4.69) is 45.2 Å². The number of likely N-dealkylation sites (tertiary alicyclic amines) is 1. The Morgan fingerprint density at radius 3 is 2.50 bits per heavy atom. The van der Waals surface area contributed by atoms with Gasteiger partial charge >= 0.3 is 5.97 Å². The average Bonchev–Trinajstić information content (AvgIpc) is 3.32. The van der Waals surface area contributed by atoms with E-state index < -0.39 is 12.0 Å². The Kier molecular flexibility index (Phi) is 7.33. The molecule has 1 saturated heterocycles. The van der Waals surface area contributed by atoms with Gasteiger partial charge in [-0.05, 0) is 58.2 Å². The molecule has 1 unspecified atom stereocenters. The maximum Gasteiger partial charge on any atom is 0.335 e. The predicted octanol–water partition coefficient (Wildman–Crippen LogP) is 3.74. The number of aryl methyl sites for hydroxylation is 1. The van der Waals surface area contributed by atoms with Crippen molar-refractivity contribution in [2.45, 2.75) is 70.7 Å². The number of benzene rings is 1. The van der Waals surface area contributed by atoms with Gasteiger partial charge in [-0.15, -0.1) is 0 Å². The van der Waals surface area contributed by atoms with Gasteiger partial charge < -0.3 is 16.2 Å². The summed E-state index contributed by atoms with van der Waals surface area (Å²) in [6.45, 7) is 8.29. The first-order valence-electron chi connectivity index (χ1n) is 12.1. The van der Waals surface area contributed by atoms with E-state index in [-0.39, 0.29) is 29.7 Å². The Bertz CT molecular complexity index is 1250. The maximum absolute atomic E-state index is 11.1. The van der Waals surface area contributed by atoms with Crippen LogP contribution in [-0.4, -0.2) is 59.9 Å². The molecule has 0 radical (unpaired) electrons. The summed E-state index contributed by atoms with van der Waals surface area (Å²) in [4.78, 5) is 22.6. The molecule has 4 N–H and O–H groups in total. The van der Waals surface area contributed by atoms with Crippen molar-refractivity contribution in [3.8, 4) is 17.3 Å². The standard InChI is InChI=1S/C26H32N8O2/c1-15-12-29-26(32-24(15)19-5-7-20(8-6-19)25(35)36)31-21-13-30-33(14-21)22-9-16(2)34(17(3)10-22)18(4)23(28)11-27/h5-8,12-14,16-18,22-23H,9-10,28H2,1-4H3,(H,35,36)(H,29,31,32)/t16-,17+,18?,22-,23-/m1/s1. The molecule has 1 aromatic carbocycles. The maximum atomic E-state index is 11.1. The van der Waals surface area contributed by atoms with E-state index in [1.165, 1.54) is 0 Å². The first-order chi connectivity index (χ1) is 17.2. The zero-order valence-electron chi connectivity index (χ0n) is 21.0. The molecule has 0 aliphatic carbocycles. The molecule has 10 nitrogen and oxygen atoms in total. The van der Waals surface area contributed by atoms with Crippen molar-refractivity contribution in [2.75, 3.05) is 5.32 Å². The molecule has 5 atom stereocenters. The molecule has 0 spiro atoms. The zero-order valence-corrected chi connectivity index (χ0v) is 21.0. The minimum absolute atomic E-state index is 0.0102. The van der Waals surface area contributed by atoms with Crippen LogP contribution in [0.2, 0.25) is 0 Å². The first-order valence-corrected chi connectivity index (χ1v) is 12.1. The average molecular weight is 489 g/mol. The highest BCUT2D eigenvalue weighted by molar-refractivity contribution is 5.88. The van der Waals surface area contributed by atoms with E-state index in [0.29, 0.717) is 5.95 Å². The van der Waals surface area contributed by atoms with Crippen molar-refractivity contribution in [1.29, 1.82) is 5.26 Å². The van der Waals surface area contributed by atoms with Gasteiger partial charge in [-0.3, -0.25) is 9.58 Å². The lowest BCUT2D eigenvalue weighted by molar-refractivity contribution is 0.0324. The van der Waals surface area contributed by atoms with Gasteiger partial charge in [0.1, 0.15) is 6.04 Å². The highest BCUT2D eigenvalue weighted by Gasteiger charge is 2.36. The predicted molar refractivity (Wildman–Crippen MR) is 137 cm³/mol. The van der Waals surface area contributed by atoms with E-state index >= 15 is 0 Å². The Balaban J connectivity index is 1.47. The number of carboxylic acids is 1.